The van der Waals surface area contributed by atoms with Crippen molar-refractivity contribution in [1.29, 1.82) is 0 Å². The lowest BCUT2D eigenvalue weighted by molar-refractivity contribution is 0.607. The Morgan fingerprint density at radius 1 is 1.09 bits per heavy atom. The number of allylic oxidation sites excluding steroid dienone is 5. The minimum Gasteiger partial charge on any atom is -0.207 e. The SMILES string of the molecule is C=C1C=CC=C1c1cc(C(C)C)cc(C(C)C)c1S(=O)(=O)Cl. The van der Waals surface area contributed by atoms with E-state index in [9.17, 15) is 8.42 Å². The first-order valence-corrected chi connectivity index (χ1v) is 9.64. The third-order valence-corrected chi connectivity index (χ3v) is 5.28. The summed E-state index contributed by atoms with van der Waals surface area (Å²) in [4.78, 5) is 0.213. The molecule has 0 spiro atoms. The van der Waals surface area contributed by atoms with E-state index < -0.39 is 9.05 Å². The smallest absolute Gasteiger partial charge is 0.207 e. The Hall–Kier alpha value is -1.32. The molecule has 2 rings (SSSR count). The van der Waals surface area contributed by atoms with Gasteiger partial charge in [0.1, 0.15) is 0 Å². The fourth-order valence-electron chi connectivity index (χ4n) is 2.63. The highest BCUT2D eigenvalue weighted by molar-refractivity contribution is 8.13. The van der Waals surface area contributed by atoms with Crippen molar-refractivity contribution < 1.29 is 8.42 Å². The molecule has 0 unspecified atom stereocenters. The molecule has 0 aromatic heterocycles. The molecule has 0 amide bonds. The molecular formula is C18H21ClO2S. The van der Waals surface area contributed by atoms with E-state index in [0.29, 0.717) is 11.5 Å². The summed E-state index contributed by atoms with van der Waals surface area (Å²) in [6.45, 7) is 12.1. The van der Waals surface area contributed by atoms with E-state index in [1.165, 1.54) is 0 Å². The lowest BCUT2D eigenvalue weighted by Gasteiger charge is -2.20. The van der Waals surface area contributed by atoms with Gasteiger partial charge in [0.15, 0.2) is 0 Å². The van der Waals surface area contributed by atoms with Crippen molar-refractivity contribution in [3.63, 3.8) is 0 Å². The van der Waals surface area contributed by atoms with E-state index in [-0.39, 0.29) is 10.8 Å². The number of benzene rings is 1. The van der Waals surface area contributed by atoms with Crippen molar-refractivity contribution in [1.82, 2.24) is 0 Å². The molecule has 22 heavy (non-hydrogen) atoms. The average molecular weight is 337 g/mol. The first-order chi connectivity index (χ1) is 10.1. The van der Waals surface area contributed by atoms with E-state index in [2.05, 4.69) is 20.4 Å². The maximum atomic E-state index is 12.2. The van der Waals surface area contributed by atoms with E-state index >= 15 is 0 Å². The van der Waals surface area contributed by atoms with Crippen LogP contribution in [0.3, 0.4) is 0 Å². The molecule has 0 atom stereocenters. The molecule has 118 valence electrons. The van der Waals surface area contributed by atoms with Crippen LogP contribution in [0.25, 0.3) is 5.57 Å². The summed E-state index contributed by atoms with van der Waals surface area (Å²) in [6.07, 6.45) is 5.63. The molecule has 1 aromatic carbocycles. The molecule has 0 fully saturated rings. The summed E-state index contributed by atoms with van der Waals surface area (Å²) in [5.74, 6) is 0.357. The van der Waals surface area contributed by atoms with Gasteiger partial charge in [-0.05, 0) is 40.2 Å². The molecule has 1 aliphatic carbocycles. The van der Waals surface area contributed by atoms with Crippen LogP contribution >= 0.6 is 10.7 Å². The Morgan fingerprint density at radius 2 is 1.73 bits per heavy atom. The van der Waals surface area contributed by atoms with Crippen LogP contribution in [-0.4, -0.2) is 8.42 Å². The molecule has 0 saturated heterocycles. The standard InChI is InChI=1S/C18H21ClO2S/c1-11(2)14-9-16(12(3)4)18(22(19,20)21)17(10-14)15-8-6-7-13(15)5/h6-12H,5H2,1-4H3. The zero-order chi connectivity index (χ0) is 16.7. The second-order valence-corrected chi connectivity index (χ2v) is 8.70. The van der Waals surface area contributed by atoms with Crippen LogP contribution in [0.4, 0.5) is 0 Å². The fraction of sp³-hybridized carbons (Fsp3) is 0.333. The van der Waals surface area contributed by atoms with E-state index in [0.717, 1.165) is 22.3 Å². The van der Waals surface area contributed by atoms with E-state index in [1.54, 1.807) is 0 Å². The van der Waals surface area contributed by atoms with Gasteiger partial charge in [0, 0.05) is 16.2 Å². The van der Waals surface area contributed by atoms with Crippen molar-refractivity contribution in [3.05, 3.63) is 59.2 Å². The number of rotatable bonds is 4. The van der Waals surface area contributed by atoms with Gasteiger partial charge in [-0.2, -0.15) is 0 Å². The second-order valence-electron chi connectivity index (χ2n) is 6.20. The number of halogens is 1. The average Bonchev–Trinajstić information content (AvgIpc) is 2.82. The van der Waals surface area contributed by atoms with Crippen LogP contribution in [0.5, 0.6) is 0 Å². The molecule has 0 radical (unpaired) electrons. The molecule has 0 saturated carbocycles. The van der Waals surface area contributed by atoms with Crippen molar-refractivity contribution in [2.45, 2.75) is 44.4 Å². The van der Waals surface area contributed by atoms with Gasteiger partial charge in [-0.1, -0.05) is 58.6 Å². The van der Waals surface area contributed by atoms with E-state index in [1.807, 2.05) is 44.2 Å². The molecule has 1 aliphatic rings. The number of hydrogen-bond donors (Lipinski definition) is 0. The third kappa shape index (κ3) is 3.21. The van der Waals surface area contributed by atoms with E-state index in [4.69, 9.17) is 10.7 Å². The summed E-state index contributed by atoms with van der Waals surface area (Å²) >= 11 is 0. The molecule has 1 aromatic rings. The maximum Gasteiger partial charge on any atom is 0.262 e. The minimum atomic E-state index is -3.85. The van der Waals surface area contributed by atoms with Crippen molar-refractivity contribution in [3.8, 4) is 0 Å². The van der Waals surface area contributed by atoms with Gasteiger partial charge in [-0.3, -0.25) is 0 Å². The van der Waals surface area contributed by atoms with Gasteiger partial charge in [-0.25, -0.2) is 8.42 Å². The Kier molecular flexibility index (Phi) is 4.69. The number of hydrogen-bond acceptors (Lipinski definition) is 2. The normalized spacial score (nSPS) is 15.0. The Labute approximate surface area is 137 Å². The molecule has 4 heteroatoms. The van der Waals surface area contributed by atoms with Crippen LogP contribution < -0.4 is 0 Å². The molecule has 0 aliphatic heterocycles. The highest BCUT2D eigenvalue weighted by atomic mass is 35.7. The third-order valence-electron chi connectivity index (χ3n) is 3.87. The monoisotopic (exact) mass is 336 g/mol. The predicted octanol–water partition coefficient (Wildman–Crippen LogP) is 5.37. The van der Waals surface area contributed by atoms with Crippen LogP contribution in [0, 0.1) is 0 Å². The van der Waals surface area contributed by atoms with Crippen LogP contribution in [0.15, 0.2) is 47.4 Å². The van der Waals surface area contributed by atoms with Gasteiger partial charge in [0.2, 0.25) is 0 Å². The summed E-state index contributed by atoms with van der Waals surface area (Å²) in [7, 11) is 1.92. The Balaban J connectivity index is 2.87. The van der Waals surface area contributed by atoms with Gasteiger partial charge in [0.25, 0.3) is 9.05 Å². The van der Waals surface area contributed by atoms with Crippen molar-refractivity contribution in [2.75, 3.05) is 0 Å². The zero-order valence-corrected chi connectivity index (χ0v) is 14.9. The van der Waals surface area contributed by atoms with Gasteiger partial charge < -0.3 is 0 Å². The summed E-state index contributed by atoms with van der Waals surface area (Å²) in [5.41, 5.74) is 4.14. The van der Waals surface area contributed by atoms with Gasteiger partial charge in [-0.15, -0.1) is 0 Å². The van der Waals surface area contributed by atoms with Crippen molar-refractivity contribution >= 4 is 25.3 Å². The highest BCUT2D eigenvalue weighted by Gasteiger charge is 2.26. The predicted molar refractivity (Wildman–Crippen MR) is 93.9 cm³/mol. The topological polar surface area (TPSA) is 34.1 Å². The molecule has 0 heterocycles. The molecular weight excluding hydrogens is 316 g/mol. The Bertz CT molecular complexity index is 782. The van der Waals surface area contributed by atoms with Crippen molar-refractivity contribution in [2.24, 2.45) is 0 Å². The molecule has 0 bridgehead atoms. The van der Waals surface area contributed by atoms with Gasteiger partial charge in [0.05, 0.1) is 4.90 Å². The second kappa shape index (κ2) is 6.05. The molecule has 0 N–H and O–H groups in total. The summed E-state index contributed by atoms with van der Waals surface area (Å²) in [6, 6.07) is 3.88. The maximum absolute atomic E-state index is 12.2. The first-order valence-electron chi connectivity index (χ1n) is 7.33. The lowest BCUT2D eigenvalue weighted by atomic mass is 9.89. The van der Waals surface area contributed by atoms with Gasteiger partial charge >= 0.3 is 0 Å². The largest absolute Gasteiger partial charge is 0.262 e. The molecule has 2 nitrogen and oxygen atoms in total. The lowest BCUT2D eigenvalue weighted by Crippen LogP contribution is -2.07. The van der Waals surface area contributed by atoms with Crippen LogP contribution in [0.2, 0.25) is 0 Å². The Morgan fingerprint density at radius 3 is 2.14 bits per heavy atom. The zero-order valence-electron chi connectivity index (χ0n) is 13.4. The van der Waals surface area contributed by atoms with Crippen LogP contribution in [0.1, 0.15) is 56.2 Å². The fourth-order valence-corrected chi connectivity index (χ4v) is 4.15. The minimum absolute atomic E-state index is 0.0594. The quantitative estimate of drug-likeness (QED) is 0.692. The summed E-state index contributed by atoms with van der Waals surface area (Å²) in [5, 5.41) is 0. The van der Waals surface area contributed by atoms with Crippen LogP contribution in [-0.2, 0) is 9.05 Å². The highest BCUT2D eigenvalue weighted by Crippen LogP contribution is 2.39. The first kappa shape index (κ1) is 17.0. The summed E-state index contributed by atoms with van der Waals surface area (Å²) < 4.78 is 24.4.